The van der Waals surface area contributed by atoms with Gasteiger partial charge in [-0.05, 0) is 29.7 Å². The Morgan fingerprint density at radius 3 is 2.71 bits per heavy atom. The number of anilines is 1. The summed E-state index contributed by atoms with van der Waals surface area (Å²) in [6.45, 7) is 2.23. The number of nitrogens with zero attached hydrogens (tertiary/aromatic N) is 2. The van der Waals surface area contributed by atoms with Crippen LogP contribution in [0.25, 0.3) is 0 Å². The third kappa shape index (κ3) is 4.60. The van der Waals surface area contributed by atoms with Gasteiger partial charge in [0.05, 0.1) is 31.5 Å². The zero-order chi connectivity index (χ0) is 22.0. The van der Waals surface area contributed by atoms with E-state index in [0.29, 0.717) is 11.3 Å². The molecule has 0 saturated heterocycles. The van der Waals surface area contributed by atoms with Gasteiger partial charge >= 0.3 is 6.18 Å². The first-order valence-electron chi connectivity index (χ1n) is 10.1. The van der Waals surface area contributed by atoms with Crippen molar-refractivity contribution in [1.29, 1.82) is 0 Å². The highest BCUT2D eigenvalue weighted by molar-refractivity contribution is 5.80. The molecule has 1 aromatic carbocycles. The van der Waals surface area contributed by atoms with Crippen LogP contribution in [-0.2, 0) is 24.2 Å². The molecule has 1 aliphatic rings. The molecule has 0 unspecified atom stereocenters. The number of aryl methyl sites for hydroxylation is 1. The van der Waals surface area contributed by atoms with Gasteiger partial charge in [0, 0.05) is 12.0 Å². The fraction of sp³-hybridized carbons (Fsp3) is 0.364. The Morgan fingerprint density at radius 1 is 1.29 bits per heavy atom. The highest BCUT2D eigenvalue weighted by Crippen LogP contribution is 2.44. The van der Waals surface area contributed by atoms with Gasteiger partial charge in [0.2, 0.25) is 5.91 Å². The molecule has 3 aromatic rings. The van der Waals surface area contributed by atoms with Crippen molar-refractivity contribution in [2.45, 2.75) is 51.0 Å². The van der Waals surface area contributed by atoms with Gasteiger partial charge in [-0.15, -0.1) is 0 Å². The van der Waals surface area contributed by atoms with Gasteiger partial charge in [0.25, 0.3) is 0 Å². The second-order valence-electron chi connectivity index (χ2n) is 7.58. The van der Waals surface area contributed by atoms with Gasteiger partial charge in [-0.25, -0.2) is 4.68 Å². The molecule has 1 amide bonds. The summed E-state index contributed by atoms with van der Waals surface area (Å²) in [6, 6.07) is 8.70. The number of carbonyl (C=O) groups excluding carboxylic acids is 1. The Balaban J connectivity index is 1.56. The number of rotatable bonds is 6. The molecule has 31 heavy (non-hydrogen) atoms. The lowest BCUT2D eigenvalue weighted by atomic mass is 9.95. The summed E-state index contributed by atoms with van der Waals surface area (Å²) in [5.74, 6) is 0.495. The van der Waals surface area contributed by atoms with Crippen molar-refractivity contribution in [3.05, 3.63) is 71.3 Å². The summed E-state index contributed by atoms with van der Waals surface area (Å²) in [5, 5.41) is 9.84. The summed E-state index contributed by atoms with van der Waals surface area (Å²) in [4.78, 5) is 12.4. The van der Waals surface area contributed by atoms with Crippen LogP contribution in [0.1, 0.15) is 47.9 Å². The first-order chi connectivity index (χ1) is 14.8. The number of benzene rings is 1. The molecule has 0 radical (unpaired) electrons. The molecule has 0 spiro atoms. The van der Waals surface area contributed by atoms with Crippen LogP contribution in [0.15, 0.2) is 53.3 Å². The van der Waals surface area contributed by atoms with Crippen LogP contribution in [0.4, 0.5) is 19.0 Å². The number of nitrogens with one attached hydrogen (secondary N) is 2. The molecule has 0 aliphatic carbocycles. The zero-order valence-corrected chi connectivity index (χ0v) is 16.9. The van der Waals surface area contributed by atoms with E-state index >= 15 is 0 Å². The van der Waals surface area contributed by atoms with Gasteiger partial charge in [0.15, 0.2) is 6.04 Å². The number of aromatic nitrogens is 2. The third-order valence-corrected chi connectivity index (χ3v) is 5.50. The minimum absolute atomic E-state index is 0.0882. The average Bonchev–Trinajstić information content (AvgIpc) is 3.41. The van der Waals surface area contributed by atoms with Crippen molar-refractivity contribution in [1.82, 2.24) is 15.1 Å². The molecular weight excluding hydrogens is 409 g/mol. The molecule has 0 fully saturated rings. The predicted octanol–water partition coefficient (Wildman–Crippen LogP) is 4.56. The van der Waals surface area contributed by atoms with Gasteiger partial charge in [-0.2, -0.15) is 18.3 Å². The van der Waals surface area contributed by atoms with Crippen LogP contribution in [0.3, 0.4) is 0 Å². The maximum atomic E-state index is 13.8. The van der Waals surface area contributed by atoms with Crippen molar-refractivity contribution in [3.63, 3.8) is 0 Å². The zero-order valence-electron chi connectivity index (χ0n) is 16.9. The Bertz CT molecular complexity index is 1030. The summed E-state index contributed by atoms with van der Waals surface area (Å²) >= 11 is 0. The Morgan fingerprint density at radius 2 is 2.06 bits per heavy atom. The quantitative estimate of drug-likeness (QED) is 0.599. The predicted molar refractivity (Wildman–Crippen MR) is 108 cm³/mol. The molecule has 0 saturated carbocycles. The van der Waals surface area contributed by atoms with Gasteiger partial charge in [0.1, 0.15) is 11.6 Å². The van der Waals surface area contributed by atoms with E-state index in [4.69, 9.17) is 4.42 Å². The second kappa shape index (κ2) is 8.49. The number of fused-ring (bicyclic) bond motifs is 1. The fourth-order valence-corrected chi connectivity index (χ4v) is 3.78. The molecule has 1 aliphatic heterocycles. The lowest BCUT2D eigenvalue weighted by Gasteiger charge is -2.34. The molecule has 9 heteroatoms. The van der Waals surface area contributed by atoms with Crippen molar-refractivity contribution in [2.24, 2.45) is 0 Å². The van der Waals surface area contributed by atoms with Crippen LogP contribution in [0, 0.1) is 0 Å². The van der Waals surface area contributed by atoms with E-state index in [1.807, 2.05) is 31.2 Å². The molecule has 2 N–H and O–H groups in total. The number of hydrogen-bond donors (Lipinski definition) is 2. The van der Waals surface area contributed by atoms with Crippen LogP contribution in [0.2, 0.25) is 0 Å². The van der Waals surface area contributed by atoms with Crippen LogP contribution >= 0.6 is 0 Å². The molecule has 2 aromatic heterocycles. The number of furan rings is 1. The van der Waals surface area contributed by atoms with Crippen LogP contribution in [-0.4, -0.2) is 21.9 Å². The number of halogens is 3. The second-order valence-corrected chi connectivity index (χ2v) is 7.58. The van der Waals surface area contributed by atoms with Crippen molar-refractivity contribution >= 4 is 11.7 Å². The van der Waals surface area contributed by atoms with Crippen LogP contribution < -0.4 is 10.6 Å². The van der Waals surface area contributed by atoms with Gasteiger partial charge < -0.3 is 15.1 Å². The molecule has 2 atom stereocenters. The maximum absolute atomic E-state index is 13.8. The summed E-state index contributed by atoms with van der Waals surface area (Å²) in [5.41, 5.74) is 2.30. The van der Waals surface area contributed by atoms with E-state index in [1.165, 1.54) is 12.5 Å². The van der Waals surface area contributed by atoms with E-state index in [1.54, 1.807) is 12.1 Å². The summed E-state index contributed by atoms with van der Waals surface area (Å²) in [6.07, 6.45) is -1.03. The Kier molecular flexibility index (Phi) is 5.75. The number of carbonyl (C=O) groups is 1. The molecule has 3 heterocycles. The van der Waals surface area contributed by atoms with E-state index in [-0.39, 0.29) is 31.1 Å². The SMILES string of the molecule is CCc1ccc([C@@H]2C[C@H](C(F)(F)F)n3ncc(CC(=O)NCc4ccco4)c3N2)cc1. The number of hydrogen-bond acceptors (Lipinski definition) is 4. The monoisotopic (exact) mass is 432 g/mol. The van der Waals surface area contributed by atoms with Crippen molar-refractivity contribution in [2.75, 3.05) is 5.32 Å². The third-order valence-electron chi connectivity index (χ3n) is 5.50. The largest absolute Gasteiger partial charge is 0.467 e. The Labute approximate surface area is 177 Å². The van der Waals surface area contributed by atoms with Crippen LogP contribution in [0.5, 0.6) is 0 Å². The molecule has 4 rings (SSSR count). The molecular formula is C22H23F3N4O2. The normalized spacial score (nSPS) is 18.3. The number of amides is 1. The first kappa shape index (κ1) is 21.0. The minimum atomic E-state index is -4.46. The molecule has 164 valence electrons. The lowest BCUT2D eigenvalue weighted by Crippen LogP contribution is -2.36. The lowest BCUT2D eigenvalue weighted by molar-refractivity contribution is -0.173. The minimum Gasteiger partial charge on any atom is -0.467 e. The average molecular weight is 432 g/mol. The summed E-state index contributed by atoms with van der Waals surface area (Å²) in [7, 11) is 0. The summed E-state index contributed by atoms with van der Waals surface area (Å²) < 4.78 is 47.5. The van der Waals surface area contributed by atoms with E-state index in [0.717, 1.165) is 22.2 Å². The first-order valence-corrected chi connectivity index (χ1v) is 10.1. The van der Waals surface area contributed by atoms with E-state index in [2.05, 4.69) is 15.7 Å². The molecule has 6 nitrogen and oxygen atoms in total. The Hall–Kier alpha value is -3.23. The maximum Gasteiger partial charge on any atom is 0.410 e. The number of alkyl halides is 3. The van der Waals surface area contributed by atoms with Gasteiger partial charge in [-0.3, -0.25) is 4.79 Å². The van der Waals surface area contributed by atoms with E-state index in [9.17, 15) is 18.0 Å². The standard InChI is InChI=1S/C22H23F3N4O2/c1-2-14-5-7-15(8-6-14)18-11-19(22(23,24)25)29-21(28-18)16(12-27-29)10-20(30)26-13-17-4-3-9-31-17/h3-9,12,18-19,28H,2,10-11,13H2,1H3,(H,26,30)/t18-,19+/m0/s1. The highest BCUT2D eigenvalue weighted by atomic mass is 19.4. The van der Waals surface area contributed by atoms with Crippen molar-refractivity contribution in [3.8, 4) is 0 Å². The fourth-order valence-electron chi connectivity index (χ4n) is 3.78. The molecule has 0 bridgehead atoms. The van der Waals surface area contributed by atoms with E-state index < -0.39 is 18.3 Å². The van der Waals surface area contributed by atoms with Gasteiger partial charge in [-0.1, -0.05) is 31.2 Å². The smallest absolute Gasteiger partial charge is 0.410 e. The topological polar surface area (TPSA) is 72.1 Å². The van der Waals surface area contributed by atoms with Crippen molar-refractivity contribution < 1.29 is 22.4 Å². The highest BCUT2D eigenvalue weighted by Gasteiger charge is 2.46.